The summed E-state index contributed by atoms with van der Waals surface area (Å²) in [5, 5.41) is 41.8. The van der Waals surface area contributed by atoms with Gasteiger partial charge < -0.3 is 25.2 Å². The number of aromatic nitrogens is 2. The Kier molecular flexibility index (Phi) is 11.9. The fraction of sp³-hybridized carbons (Fsp3) is 0.500. The van der Waals surface area contributed by atoms with Crippen LogP contribution in [0.25, 0.3) is 11.3 Å². The van der Waals surface area contributed by atoms with Crippen LogP contribution in [-0.2, 0) is 14.8 Å². The molecule has 10 nitrogen and oxygen atoms in total. The number of anilines is 1. The normalized spacial score (nSPS) is 14.2. The maximum Gasteiger partial charge on any atom is 2.00 e. The number of carboxylic acid groups (broad SMARTS) is 1. The Bertz CT molecular complexity index is 1120. The topological polar surface area (TPSA) is 164 Å². The van der Waals surface area contributed by atoms with Gasteiger partial charge in [0.1, 0.15) is 5.82 Å². The predicted octanol–water partition coefficient (Wildman–Crippen LogP) is 0.0965. The first kappa shape index (κ1) is 31.6. The zero-order chi connectivity index (χ0) is 25.8. The van der Waals surface area contributed by atoms with E-state index in [9.17, 15) is 38.0 Å². The first-order chi connectivity index (χ1) is 15.7. The average molecular weight is 539 g/mol. The number of carbonyl (C=O) groups is 1. The molecule has 0 fully saturated rings. The fourth-order valence-electron chi connectivity index (χ4n) is 3.42. The Morgan fingerprint density at radius 2 is 1.66 bits per heavy atom. The van der Waals surface area contributed by atoms with Crippen molar-refractivity contribution in [1.82, 2.24) is 9.97 Å². The van der Waals surface area contributed by atoms with E-state index < -0.39 is 46.5 Å². The van der Waals surface area contributed by atoms with Crippen LogP contribution in [0.2, 0.25) is 0 Å². The van der Waals surface area contributed by atoms with Crippen LogP contribution in [0.4, 0.5) is 10.3 Å². The van der Waals surface area contributed by atoms with Gasteiger partial charge in [-0.1, -0.05) is 13.8 Å². The van der Waals surface area contributed by atoms with Gasteiger partial charge in [-0.05, 0) is 36.6 Å². The number of rotatable bonds is 11. The molecular formula is C22H29CaFN3O7S+. The smallest absolute Gasteiger partial charge is 0.550 e. The van der Waals surface area contributed by atoms with E-state index in [4.69, 9.17) is 0 Å². The minimum absolute atomic E-state index is 0. The Hall–Kier alpha value is -1.41. The Morgan fingerprint density at radius 1 is 1.09 bits per heavy atom. The van der Waals surface area contributed by atoms with Gasteiger partial charge >= 0.3 is 37.7 Å². The van der Waals surface area contributed by atoms with Crippen LogP contribution >= 0.6 is 0 Å². The summed E-state index contributed by atoms with van der Waals surface area (Å²) in [5.74, 6) is -2.43. The van der Waals surface area contributed by atoms with Crippen LogP contribution in [0.1, 0.15) is 56.4 Å². The molecule has 35 heavy (non-hydrogen) atoms. The summed E-state index contributed by atoms with van der Waals surface area (Å²) < 4.78 is 38.6. The molecule has 1 unspecified atom stereocenters. The molecule has 2 rings (SSSR count). The van der Waals surface area contributed by atoms with E-state index in [1.54, 1.807) is 13.8 Å². The fourth-order valence-corrected chi connectivity index (χ4v) is 3.80. The van der Waals surface area contributed by atoms with E-state index in [1.165, 1.54) is 31.3 Å². The average Bonchev–Trinajstić information content (AvgIpc) is 2.71. The van der Waals surface area contributed by atoms with Gasteiger partial charge in [-0.25, -0.2) is 27.1 Å². The first-order valence-corrected chi connectivity index (χ1v) is 12.4. The summed E-state index contributed by atoms with van der Waals surface area (Å²) >= 11 is 0. The second kappa shape index (κ2) is 13.2. The van der Waals surface area contributed by atoms with Gasteiger partial charge in [0.05, 0.1) is 36.0 Å². The molecule has 13 heteroatoms. The third kappa shape index (κ3) is 8.88. The van der Waals surface area contributed by atoms with E-state index in [0.717, 1.165) is 10.6 Å². The van der Waals surface area contributed by atoms with Crippen molar-refractivity contribution in [3.05, 3.63) is 41.3 Å². The summed E-state index contributed by atoms with van der Waals surface area (Å²) in [7, 11) is -2.44. The Morgan fingerprint density at radius 3 is 2.14 bits per heavy atom. The number of carboxylic acids is 1. The zero-order valence-electron chi connectivity index (χ0n) is 20.0. The number of halogens is 1. The molecule has 0 aliphatic carbocycles. The minimum atomic E-state index is -3.71. The maximum atomic E-state index is 13.5. The van der Waals surface area contributed by atoms with E-state index in [-0.39, 0.29) is 73.7 Å². The van der Waals surface area contributed by atoms with Crippen molar-refractivity contribution >= 4 is 59.7 Å². The molecular weight excluding hydrogens is 509 g/mol. The summed E-state index contributed by atoms with van der Waals surface area (Å²) in [4.78, 5) is 19.3. The van der Waals surface area contributed by atoms with Gasteiger partial charge in [-0.2, -0.15) is 0 Å². The van der Waals surface area contributed by atoms with Crippen LogP contribution in [0.15, 0.2) is 24.3 Å². The molecule has 3 atom stereocenters. The van der Waals surface area contributed by atoms with Crippen molar-refractivity contribution in [1.29, 1.82) is 0 Å². The van der Waals surface area contributed by atoms with E-state index >= 15 is 0 Å². The van der Waals surface area contributed by atoms with E-state index in [2.05, 4.69) is 9.97 Å². The van der Waals surface area contributed by atoms with Crippen LogP contribution in [0.3, 0.4) is 0 Å². The number of benzene rings is 1. The van der Waals surface area contributed by atoms with Crippen molar-refractivity contribution < 1.29 is 38.0 Å². The van der Waals surface area contributed by atoms with Gasteiger partial charge in [-0.3, -0.25) is 0 Å². The number of aliphatic carboxylic acids is 1. The number of hydrogen-bond donors (Lipinski definition) is 3. The summed E-state index contributed by atoms with van der Waals surface area (Å²) in [6.45, 7) is 3.55. The van der Waals surface area contributed by atoms with Crippen molar-refractivity contribution in [2.24, 2.45) is 0 Å². The number of aliphatic hydroxyl groups excluding tert-OH is 3. The molecule has 2 aromatic rings. The van der Waals surface area contributed by atoms with Gasteiger partial charge in [0, 0.05) is 37.0 Å². The molecule has 0 bridgehead atoms. The summed E-state index contributed by atoms with van der Waals surface area (Å²) in [5.41, 5.74) is 1.06. The molecule has 0 aliphatic rings. The number of aliphatic hydroxyl groups is 3. The second-order valence-corrected chi connectivity index (χ2v) is 10.4. The molecule has 0 saturated heterocycles. The van der Waals surface area contributed by atoms with Crippen molar-refractivity contribution in [2.45, 2.75) is 57.3 Å². The van der Waals surface area contributed by atoms with Crippen LogP contribution < -0.4 is 9.41 Å². The first-order valence-electron chi connectivity index (χ1n) is 10.6. The van der Waals surface area contributed by atoms with Gasteiger partial charge in [-0.15, -0.1) is 0 Å². The van der Waals surface area contributed by atoms with Crippen molar-refractivity contribution in [3.8, 4) is 11.3 Å². The van der Waals surface area contributed by atoms with Crippen LogP contribution in [-0.4, -0.2) is 103 Å². The molecule has 0 aliphatic heterocycles. The number of sulfonamides is 1. The Balaban J connectivity index is 0.00000612. The molecule has 1 heterocycles. The van der Waals surface area contributed by atoms with E-state index in [0.29, 0.717) is 11.3 Å². The number of nitrogens with zero attached hydrogens (tertiary/aromatic N) is 3. The third-order valence-electron chi connectivity index (χ3n) is 5.18. The minimum Gasteiger partial charge on any atom is -0.550 e. The maximum absolute atomic E-state index is 13.5. The van der Waals surface area contributed by atoms with Gasteiger partial charge in [0.25, 0.3) is 0 Å². The summed E-state index contributed by atoms with van der Waals surface area (Å²) in [6.07, 6.45) is -4.29. The molecule has 1 aromatic carbocycles. The zero-order valence-corrected chi connectivity index (χ0v) is 23.1. The Labute approximate surface area is 233 Å². The van der Waals surface area contributed by atoms with Crippen LogP contribution in [0.5, 0.6) is 0 Å². The largest absolute Gasteiger partial charge is 2.00 e. The van der Waals surface area contributed by atoms with Gasteiger partial charge in [0.2, 0.25) is 16.0 Å². The second-order valence-electron chi connectivity index (χ2n) is 8.43. The number of carbonyl (C=O) groups excluding carboxylic acids is 1. The SMILES string of the molecule is CC(C)c1nc(N(C)S(C)(=O)=O)nc(-c2ccc(F)cc2)c1C(O)C[C@@H](O)C[C@@H](O)CC(=O)[O-].[Ca+2]. The molecule has 0 saturated carbocycles. The number of hydrogen-bond acceptors (Lipinski definition) is 9. The van der Waals surface area contributed by atoms with Crippen LogP contribution in [0, 0.1) is 5.82 Å². The predicted molar refractivity (Wildman–Crippen MR) is 126 cm³/mol. The van der Waals surface area contributed by atoms with Crippen molar-refractivity contribution in [2.75, 3.05) is 17.6 Å². The third-order valence-corrected chi connectivity index (χ3v) is 6.34. The molecule has 188 valence electrons. The monoisotopic (exact) mass is 538 g/mol. The molecule has 3 N–H and O–H groups in total. The molecule has 0 radical (unpaired) electrons. The van der Waals surface area contributed by atoms with E-state index in [1.807, 2.05) is 0 Å². The van der Waals surface area contributed by atoms with Crippen molar-refractivity contribution in [3.63, 3.8) is 0 Å². The summed E-state index contributed by atoms with van der Waals surface area (Å²) in [6, 6.07) is 5.21. The molecule has 0 spiro atoms. The van der Waals surface area contributed by atoms with Gasteiger partial charge in [0.15, 0.2) is 0 Å². The standard InChI is InChI=1S/C22H30FN3O7S.Ca/c1-12(2)20-19(17(29)10-15(27)9-16(28)11-18(30)31)21(13-5-7-14(23)8-6-13)25-22(24-20)26(3)34(4,32)33;/h5-8,12,15-17,27-29H,9-11H2,1-4H3,(H,30,31);/q;+2/p-1/t15-,16+,17?;/m0./s1. The molecule has 1 aromatic heterocycles. The quantitative estimate of drug-likeness (QED) is 0.337. The molecule has 0 amide bonds.